The maximum Gasteiger partial charge on any atom is 0.191 e. The molecule has 0 radical (unpaired) electrons. The number of fused-ring (bicyclic) bond motifs is 2. The molecule has 1 atom stereocenters. The molecule has 2 nitrogen and oxygen atoms in total. The van der Waals surface area contributed by atoms with E-state index in [9.17, 15) is 0 Å². The lowest BCUT2D eigenvalue weighted by Gasteiger charge is -2.19. The van der Waals surface area contributed by atoms with Gasteiger partial charge in [-0.05, 0) is 30.7 Å². The molecule has 1 aliphatic rings. The number of aryl methyl sites for hydroxylation is 2. The third-order valence-electron chi connectivity index (χ3n) is 4.90. The molecule has 3 heterocycles. The van der Waals surface area contributed by atoms with E-state index >= 15 is 0 Å². The zero-order valence-corrected chi connectivity index (χ0v) is 13.1. The Bertz CT molecular complexity index is 850. The van der Waals surface area contributed by atoms with Crippen LogP contribution in [0.15, 0.2) is 48.8 Å². The van der Waals surface area contributed by atoms with Crippen molar-refractivity contribution in [3.8, 4) is 0 Å². The molecule has 0 saturated carbocycles. The summed E-state index contributed by atoms with van der Waals surface area (Å²) in [4.78, 5) is 0. The fourth-order valence-corrected chi connectivity index (χ4v) is 3.89. The Hall–Kier alpha value is -1.80. The van der Waals surface area contributed by atoms with Crippen LogP contribution in [-0.4, -0.2) is 4.57 Å². The van der Waals surface area contributed by atoms with Gasteiger partial charge in [-0.3, -0.25) is 0 Å². The standard InChI is InChI=1S/C18H18ClN2/c1-18(8-10-21-9-4-3-5-17(18)21)15-12-20(2)16-7-6-13(19)11-14(15)16/h3-7,9,11-12H,8,10H2,1-2H3/q+1. The third kappa shape index (κ3) is 1.75. The number of halogens is 1. The van der Waals surface area contributed by atoms with Gasteiger partial charge in [0.05, 0.1) is 5.41 Å². The molecule has 21 heavy (non-hydrogen) atoms. The molecule has 0 saturated heterocycles. The number of aromatic nitrogens is 2. The average Bonchev–Trinajstić information content (AvgIpc) is 2.99. The maximum absolute atomic E-state index is 6.24. The van der Waals surface area contributed by atoms with Gasteiger partial charge in [0, 0.05) is 47.7 Å². The molecule has 1 aliphatic heterocycles. The van der Waals surface area contributed by atoms with Gasteiger partial charge < -0.3 is 4.57 Å². The first kappa shape index (κ1) is 12.9. The summed E-state index contributed by atoms with van der Waals surface area (Å²) in [5.41, 5.74) is 4.05. The summed E-state index contributed by atoms with van der Waals surface area (Å²) in [6.45, 7) is 3.42. The second-order valence-corrected chi connectivity index (χ2v) is 6.61. The molecule has 3 heteroatoms. The second kappa shape index (κ2) is 4.35. The van der Waals surface area contributed by atoms with Gasteiger partial charge in [-0.15, -0.1) is 0 Å². The van der Waals surface area contributed by atoms with E-state index < -0.39 is 0 Å². The molecule has 2 aromatic heterocycles. The maximum atomic E-state index is 6.24. The number of nitrogens with zero attached hydrogens (tertiary/aromatic N) is 2. The van der Waals surface area contributed by atoms with Crippen molar-refractivity contribution >= 4 is 22.5 Å². The summed E-state index contributed by atoms with van der Waals surface area (Å²) in [7, 11) is 2.11. The smallest absolute Gasteiger partial charge is 0.191 e. The van der Waals surface area contributed by atoms with Crippen molar-refractivity contribution in [2.75, 3.05) is 0 Å². The van der Waals surface area contributed by atoms with E-state index in [1.165, 1.54) is 22.2 Å². The van der Waals surface area contributed by atoms with Crippen LogP contribution in [0.5, 0.6) is 0 Å². The summed E-state index contributed by atoms with van der Waals surface area (Å²) in [5, 5.41) is 2.07. The van der Waals surface area contributed by atoms with Crippen molar-refractivity contribution in [2.45, 2.75) is 25.3 Å². The van der Waals surface area contributed by atoms with Crippen LogP contribution in [0.4, 0.5) is 0 Å². The number of hydrogen-bond acceptors (Lipinski definition) is 0. The van der Waals surface area contributed by atoms with E-state index in [0.717, 1.165) is 18.0 Å². The summed E-state index contributed by atoms with van der Waals surface area (Å²) < 4.78 is 4.57. The molecule has 0 spiro atoms. The SMILES string of the molecule is Cn1cc(C2(C)CC[n+]3ccccc32)c2cc(Cl)ccc21. The van der Waals surface area contributed by atoms with Crippen molar-refractivity contribution in [3.05, 3.63) is 65.1 Å². The molecule has 1 aromatic carbocycles. The Kier molecular flexibility index (Phi) is 2.67. The molecule has 0 aliphatic carbocycles. The minimum atomic E-state index is 0.0471. The lowest BCUT2D eigenvalue weighted by Crippen LogP contribution is -2.34. The summed E-state index contributed by atoms with van der Waals surface area (Å²) in [6, 6.07) is 12.7. The lowest BCUT2D eigenvalue weighted by molar-refractivity contribution is -0.691. The Morgan fingerprint density at radius 1 is 1.24 bits per heavy atom. The molecule has 1 unspecified atom stereocenters. The van der Waals surface area contributed by atoms with Gasteiger partial charge in [0.2, 0.25) is 0 Å². The van der Waals surface area contributed by atoms with Gasteiger partial charge in [-0.25, -0.2) is 4.57 Å². The van der Waals surface area contributed by atoms with E-state index in [-0.39, 0.29) is 5.41 Å². The zero-order valence-electron chi connectivity index (χ0n) is 12.3. The quantitative estimate of drug-likeness (QED) is 0.604. The third-order valence-corrected chi connectivity index (χ3v) is 5.14. The molecule has 0 fully saturated rings. The summed E-state index contributed by atoms with van der Waals surface area (Å²) in [5.74, 6) is 0. The van der Waals surface area contributed by atoms with Crippen LogP contribution in [0.25, 0.3) is 10.9 Å². The van der Waals surface area contributed by atoms with Crippen molar-refractivity contribution in [1.82, 2.24) is 4.57 Å². The minimum absolute atomic E-state index is 0.0471. The Morgan fingerprint density at radius 3 is 2.95 bits per heavy atom. The van der Waals surface area contributed by atoms with Gasteiger partial charge in [0.15, 0.2) is 11.9 Å². The van der Waals surface area contributed by atoms with E-state index in [1.807, 2.05) is 6.07 Å². The van der Waals surface area contributed by atoms with E-state index in [1.54, 1.807) is 0 Å². The van der Waals surface area contributed by atoms with Crippen LogP contribution in [0.3, 0.4) is 0 Å². The van der Waals surface area contributed by atoms with Gasteiger partial charge in [0.1, 0.15) is 6.54 Å². The normalized spacial score (nSPS) is 20.9. The van der Waals surface area contributed by atoms with Crippen LogP contribution >= 0.6 is 11.6 Å². The number of pyridine rings is 1. The Balaban J connectivity index is 2.01. The summed E-state index contributed by atoms with van der Waals surface area (Å²) in [6.07, 6.45) is 5.57. The number of rotatable bonds is 1. The number of benzene rings is 1. The minimum Gasteiger partial charge on any atom is -0.350 e. The van der Waals surface area contributed by atoms with Crippen molar-refractivity contribution in [2.24, 2.45) is 7.05 Å². The molecule has 106 valence electrons. The second-order valence-electron chi connectivity index (χ2n) is 6.18. The van der Waals surface area contributed by atoms with Gasteiger partial charge in [0.25, 0.3) is 0 Å². The van der Waals surface area contributed by atoms with Crippen molar-refractivity contribution in [1.29, 1.82) is 0 Å². The topological polar surface area (TPSA) is 8.81 Å². The van der Waals surface area contributed by atoms with E-state index in [4.69, 9.17) is 11.6 Å². The average molecular weight is 298 g/mol. The Labute approximate surface area is 129 Å². The molecule has 0 amide bonds. The van der Waals surface area contributed by atoms with E-state index in [0.29, 0.717) is 0 Å². The summed E-state index contributed by atoms with van der Waals surface area (Å²) >= 11 is 6.24. The van der Waals surface area contributed by atoms with Crippen LogP contribution in [0, 0.1) is 0 Å². The highest BCUT2D eigenvalue weighted by Crippen LogP contribution is 2.41. The highest BCUT2D eigenvalue weighted by molar-refractivity contribution is 6.31. The number of hydrogen-bond donors (Lipinski definition) is 0. The fourth-order valence-electron chi connectivity index (χ4n) is 3.72. The first-order chi connectivity index (χ1) is 10.1. The van der Waals surface area contributed by atoms with Crippen molar-refractivity contribution in [3.63, 3.8) is 0 Å². The van der Waals surface area contributed by atoms with Gasteiger partial charge in [-0.1, -0.05) is 17.7 Å². The highest BCUT2D eigenvalue weighted by Gasteiger charge is 2.44. The van der Waals surface area contributed by atoms with Crippen LogP contribution in [0.2, 0.25) is 5.02 Å². The molecule has 4 rings (SSSR count). The monoisotopic (exact) mass is 297 g/mol. The first-order valence-electron chi connectivity index (χ1n) is 7.33. The predicted molar refractivity (Wildman–Crippen MR) is 85.6 cm³/mol. The molecule has 0 N–H and O–H groups in total. The van der Waals surface area contributed by atoms with Crippen LogP contribution in [-0.2, 0) is 19.0 Å². The van der Waals surface area contributed by atoms with E-state index in [2.05, 4.69) is 65.8 Å². The molecular formula is C18H18ClN2+. The highest BCUT2D eigenvalue weighted by atomic mass is 35.5. The first-order valence-corrected chi connectivity index (χ1v) is 7.71. The van der Waals surface area contributed by atoms with Gasteiger partial charge >= 0.3 is 0 Å². The van der Waals surface area contributed by atoms with Crippen LogP contribution in [0.1, 0.15) is 24.6 Å². The van der Waals surface area contributed by atoms with Crippen LogP contribution < -0.4 is 4.57 Å². The largest absolute Gasteiger partial charge is 0.350 e. The fraction of sp³-hybridized carbons (Fsp3) is 0.278. The zero-order chi connectivity index (χ0) is 14.6. The molecule has 3 aromatic rings. The Morgan fingerprint density at radius 2 is 2.10 bits per heavy atom. The van der Waals surface area contributed by atoms with Crippen molar-refractivity contribution < 1.29 is 4.57 Å². The molecule has 0 bridgehead atoms. The van der Waals surface area contributed by atoms with Gasteiger partial charge in [-0.2, -0.15) is 0 Å². The lowest BCUT2D eigenvalue weighted by atomic mass is 9.78. The molecular weight excluding hydrogens is 280 g/mol. The predicted octanol–water partition coefficient (Wildman–Crippen LogP) is 3.83.